The number of aryl methyl sites for hydroxylation is 1. The molecule has 156 valence electrons. The lowest BCUT2D eigenvalue weighted by Crippen LogP contribution is -2.52. The third-order valence-corrected chi connectivity index (χ3v) is 5.62. The number of rotatable bonds is 7. The first kappa shape index (κ1) is 21.3. The molecule has 0 aliphatic carbocycles. The fourth-order valence-electron chi connectivity index (χ4n) is 3.56. The Bertz CT molecular complexity index is 749. The van der Waals surface area contributed by atoms with Gasteiger partial charge in [-0.15, -0.1) is 0 Å². The summed E-state index contributed by atoms with van der Waals surface area (Å²) < 4.78 is 0. The topological polar surface area (TPSA) is 42.9 Å². The Balaban J connectivity index is 1.59. The molecule has 1 aliphatic heterocycles. The van der Waals surface area contributed by atoms with Crippen LogP contribution in [0.3, 0.4) is 0 Å². The van der Waals surface area contributed by atoms with Gasteiger partial charge in [0.1, 0.15) is 0 Å². The second-order valence-corrected chi connectivity index (χ2v) is 7.84. The summed E-state index contributed by atoms with van der Waals surface area (Å²) in [5.41, 5.74) is 3.54. The molecule has 1 saturated heterocycles. The van der Waals surface area contributed by atoms with Crippen molar-refractivity contribution in [3.63, 3.8) is 0 Å². The van der Waals surface area contributed by atoms with Crippen LogP contribution in [0.1, 0.15) is 25.0 Å². The summed E-state index contributed by atoms with van der Waals surface area (Å²) in [6.45, 7) is 13.9. The van der Waals surface area contributed by atoms with Gasteiger partial charge in [-0.2, -0.15) is 0 Å². The Morgan fingerprint density at radius 1 is 1.00 bits per heavy atom. The molecule has 0 aromatic heterocycles. The average Bonchev–Trinajstić information content (AvgIpc) is 2.77. The van der Waals surface area contributed by atoms with E-state index < -0.39 is 0 Å². The van der Waals surface area contributed by atoms with Gasteiger partial charge in [0.05, 0.1) is 6.54 Å². The Morgan fingerprint density at radius 3 is 2.34 bits per heavy atom. The molecule has 0 amide bonds. The van der Waals surface area contributed by atoms with Crippen LogP contribution in [0.25, 0.3) is 0 Å². The van der Waals surface area contributed by atoms with Gasteiger partial charge in [0, 0.05) is 44.5 Å². The van der Waals surface area contributed by atoms with Gasteiger partial charge in [-0.3, -0.25) is 4.90 Å². The molecule has 1 aliphatic rings. The standard InChI is InChI=1S/C24H35N5/c1-4-28-14-16-29(17-15-28)21(3)18-25-24(27-23-8-6-5-7-9-23)26-19-22-12-10-20(2)11-13-22/h5-13,21H,4,14-19H2,1-3H3,(H2,25,26,27). The fraction of sp³-hybridized carbons (Fsp3) is 0.458. The maximum Gasteiger partial charge on any atom is 0.196 e. The maximum atomic E-state index is 4.83. The first-order valence-electron chi connectivity index (χ1n) is 10.8. The molecule has 3 rings (SSSR count). The number of hydrogen-bond donors (Lipinski definition) is 2. The second kappa shape index (κ2) is 11.0. The Kier molecular flexibility index (Phi) is 8.08. The van der Waals surface area contributed by atoms with Crippen LogP contribution in [0.15, 0.2) is 59.6 Å². The number of hydrogen-bond acceptors (Lipinski definition) is 3. The lowest BCUT2D eigenvalue weighted by atomic mass is 10.1. The molecule has 1 fully saturated rings. The molecule has 29 heavy (non-hydrogen) atoms. The minimum absolute atomic E-state index is 0.469. The third-order valence-electron chi connectivity index (χ3n) is 5.62. The second-order valence-electron chi connectivity index (χ2n) is 7.84. The zero-order valence-corrected chi connectivity index (χ0v) is 18.1. The van der Waals surface area contributed by atoms with E-state index in [1.54, 1.807) is 0 Å². The third kappa shape index (κ3) is 6.87. The number of nitrogens with zero attached hydrogens (tertiary/aromatic N) is 3. The monoisotopic (exact) mass is 393 g/mol. The Morgan fingerprint density at radius 2 is 1.69 bits per heavy atom. The minimum atomic E-state index is 0.469. The largest absolute Gasteiger partial charge is 0.355 e. The van der Waals surface area contributed by atoms with Crippen LogP contribution in [0.2, 0.25) is 0 Å². The highest BCUT2D eigenvalue weighted by Crippen LogP contribution is 2.08. The van der Waals surface area contributed by atoms with Gasteiger partial charge in [-0.1, -0.05) is 55.0 Å². The number of benzene rings is 2. The molecule has 0 saturated carbocycles. The van der Waals surface area contributed by atoms with E-state index in [-0.39, 0.29) is 0 Å². The van der Waals surface area contributed by atoms with Crippen molar-refractivity contribution in [2.24, 2.45) is 4.99 Å². The van der Waals surface area contributed by atoms with Crippen molar-refractivity contribution in [1.82, 2.24) is 15.1 Å². The summed E-state index contributed by atoms with van der Waals surface area (Å²) in [4.78, 5) is 9.91. The van der Waals surface area contributed by atoms with E-state index in [9.17, 15) is 0 Å². The van der Waals surface area contributed by atoms with Crippen molar-refractivity contribution in [3.8, 4) is 0 Å². The van der Waals surface area contributed by atoms with Gasteiger partial charge in [0.2, 0.25) is 0 Å². The van der Waals surface area contributed by atoms with Crippen LogP contribution in [0.4, 0.5) is 5.69 Å². The van der Waals surface area contributed by atoms with Crippen LogP contribution < -0.4 is 10.6 Å². The van der Waals surface area contributed by atoms with E-state index in [4.69, 9.17) is 4.99 Å². The fourth-order valence-corrected chi connectivity index (χ4v) is 3.56. The summed E-state index contributed by atoms with van der Waals surface area (Å²) in [7, 11) is 0. The van der Waals surface area contributed by atoms with Crippen molar-refractivity contribution < 1.29 is 0 Å². The van der Waals surface area contributed by atoms with E-state index >= 15 is 0 Å². The van der Waals surface area contributed by atoms with Crippen LogP contribution in [-0.2, 0) is 6.54 Å². The van der Waals surface area contributed by atoms with Crippen molar-refractivity contribution in [2.45, 2.75) is 33.4 Å². The number of piperazine rings is 1. The number of para-hydroxylation sites is 1. The number of anilines is 1. The normalized spacial score (nSPS) is 17.1. The molecule has 0 spiro atoms. The predicted octanol–water partition coefficient (Wildman–Crippen LogP) is 3.58. The molecule has 2 N–H and O–H groups in total. The summed E-state index contributed by atoms with van der Waals surface area (Å²) >= 11 is 0. The molecule has 1 heterocycles. The van der Waals surface area contributed by atoms with E-state index in [1.165, 1.54) is 11.1 Å². The predicted molar refractivity (Wildman–Crippen MR) is 124 cm³/mol. The SMILES string of the molecule is CCN1CCN(C(C)CNC(=NCc2ccc(C)cc2)Nc2ccccc2)CC1. The zero-order valence-electron chi connectivity index (χ0n) is 18.1. The Labute approximate surface area is 175 Å². The summed E-state index contributed by atoms with van der Waals surface area (Å²) in [5.74, 6) is 0.829. The van der Waals surface area contributed by atoms with Crippen LogP contribution >= 0.6 is 0 Å². The van der Waals surface area contributed by atoms with Gasteiger partial charge < -0.3 is 15.5 Å². The highest BCUT2D eigenvalue weighted by Gasteiger charge is 2.20. The van der Waals surface area contributed by atoms with Crippen LogP contribution in [0, 0.1) is 6.92 Å². The van der Waals surface area contributed by atoms with E-state index in [1.807, 2.05) is 18.2 Å². The van der Waals surface area contributed by atoms with Gasteiger partial charge >= 0.3 is 0 Å². The van der Waals surface area contributed by atoms with Crippen molar-refractivity contribution >= 4 is 11.6 Å². The van der Waals surface area contributed by atoms with Gasteiger partial charge in [0.25, 0.3) is 0 Å². The van der Waals surface area contributed by atoms with E-state index in [0.717, 1.165) is 50.9 Å². The van der Waals surface area contributed by atoms with Gasteiger partial charge in [-0.05, 0) is 38.1 Å². The van der Waals surface area contributed by atoms with Crippen molar-refractivity contribution in [2.75, 3.05) is 44.6 Å². The highest BCUT2D eigenvalue weighted by molar-refractivity contribution is 5.93. The van der Waals surface area contributed by atoms with E-state index in [0.29, 0.717) is 12.6 Å². The molecule has 2 aromatic carbocycles. The Hall–Kier alpha value is -2.37. The first-order chi connectivity index (χ1) is 14.1. The smallest absolute Gasteiger partial charge is 0.196 e. The van der Waals surface area contributed by atoms with Crippen molar-refractivity contribution in [3.05, 3.63) is 65.7 Å². The molecule has 5 nitrogen and oxygen atoms in total. The quantitative estimate of drug-likeness (QED) is 0.557. The summed E-state index contributed by atoms with van der Waals surface area (Å²) in [6.07, 6.45) is 0. The molecular formula is C24H35N5. The maximum absolute atomic E-state index is 4.83. The molecule has 2 aromatic rings. The molecule has 0 bridgehead atoms. The molecule has 1 atom stereocenters. The lowest BCUT2D eigenvalue weighted by molar-refractivity contribution is 0.107. The highest BCUT2D eigenvalue weighted by atomic mass is 15.3. The lowest BCUT2D eigenvalue weighted by Gasteiger charge is -2.37. The van der Waals surface area contributed by atoms with Crippen LogP contribution in [-0.4, -0.2) is 61.1 Å². The van der Waals surface area contributed by atoms with E-state index in [2.05, 4.69) is 77.6 Å². The molecule has 1 unspecified atom stereocenters. The van der Waals surface area contributed by atoms with Crippen LogP contribution in [0.5, 0.6) is 0 Å². The van der Waals surface area contributed by atoms with Crippen molar-refractivity contribution in [1.29, 1.82) is 0 Å². The number of guanidine groups is 1. The summed E-state index contributed by atoms with van der Waals surface area (Å²) in [6, 6.07) is 19.3. The van der Waals surface area contributed by atoms with Gasteiger partial charge in [-0.25, -0.2) is 4.99 Å². The first-order valence-corrected chi connectivity index (χ1v) is 10.8. The molecule has 5 heteroatoms. The minimum Gasteiger partial charge on any atom is -0.355 e. The summed E-state index contributed by atoms with van der Waals surface area (Å²) in [5, 5.41) is 7.00. The average molecular weight is 394 g/mol. The number of nitrogens with one attached hydrogen (secondary N) is 2. The molecular weight excluding hydrogens is 358 g/mol. The number of likely N-dealkylation sites (N-methyl/N-ethyl adjacent to an activating group) is 1. The molecule has 0 radical (unpaired) electrons. The zero-order chi connectivity index (χ0) is 20.5. The van der Waals surface area contributed by atoms with Gasteiger partial charge in [0.15, 0.2) is 5.96 Å². The number of aliphatic imine (C=N–C) groups is 1.